The number of fused-ring (bicyclic) bond motifs is 10. The third-order valence-electron chi connectivity index (χ3n) is 22.2. The van der Waals surface area contributed by atoms with E-state index < -0.39 is 0 Å². The first kappa shape index (κ1) is 48.7. The highest BCUT2D eigenvalue weighted by Crippen LogP contribution is 2.70. The number of carbonyl (C=O) groups is 2. The molecule has 362 valence electrons. The van der Waals surface area contributed by atoms with Gasteiger partial charge in [0.05, 0.1) is 0 Å². The maximum Gasteiger partial charge on any atom is 0.302 e. The maximum atomic E-state index is 12.4. The van der Waals surface area contributed by atoms with E-state index in [1.165, 1.54) is 101 Å². The molecule has 0 aromatic carbocycles. The van der Waals surface area contributed by atoms with E-state index in [9.17, 15) is 9.59 Å². The van der Waals surface area contributed by atoms with Crippen molar-refractivity contribution in [2.75, 3.05) is 0 Å². The first-order valence-electron chi connectivity index (χ1n) is 27.8. The van der Waals surface area contributed by atoms with Gasteiger partial charge in [-0.05, 0) is 195 Å². The number of nitrogens with zero attached hydrogens (tertiary/aromatic N) is 2. The number of hydrogen-bond donors (Lipinski definition) is 0. The molecular weight excluding hydrogens is 789 g/mol. The number of rotatable bonds is 13. The molecule has 0 aromatic rings. The second kappa shape index (κ2) is 19.0. The zero-order valence-corrected chi connectivity index (χ0v) is 43.3. The van der Waals surface area contributed by atoms with E-state index in [2.05, 4.69) is 69.2 Å². The summed E-state index contributed by atoms with van der Waals surface area (Å²) < 4.78 is 12.1. The van der Waals surface area contributed by atoms with Crippen LogP contribution >= 0.6 is 0 Å². The second-order valence-corrected chi connectivity index (χ2v) is 26.5. The molecule has 18 atom stereocenters. The van der Waals surface area contributed by atoms with Crippen LogP contribution in [0.5, 0.6) is 0 Å². The molecule has 0 aliphatic heterocycles. The molecule has 0 radical (unpaired) electrons. The molecule has 0 aromatic heterocycles. The van der Waals surface area contributed by atoms with E-state index in [0.29, 0.717) is 46.3 Å². The van der Waals surface area contributed by atoms with Gasteiger partial charge in [0, 0.05) is 37.1 Å². The minimum atomic E-state index is -0.150. The highest BCUT2D eigenvalue weighted by atomic mass is 16.5. The molecule has 6 nitrogen and oxygen atoms in total. The molecule has 8 fully saturated rings. The van der Waals surface area contributed by atoms with Crippen LogP contribution in [0.3, 0.4) is 0 Å². The predicted molar refractivity (Wildman–Crippen MR) is 263 cm³/mol. The minimum Gasteiger partial charge on any atom is -0.463 e. The van der Waals surface area contributed by atoms with Gasteiger partial charge in [0.25, 0.3) is 0 Å². The number of carbonyl (C=O) groups excluding carboxylic acids is 2. The molecule has 64 heavy (non-hydrogen) atoms. The summed E-state index contributed by atoms with van der Waals surface area (Å²) in [6, 6.07) is 0. The summed E-state index contributed by atoms with van der Waals surface area (Å²) in [5, 5.41) is 11.4. The van der Waals surface area contributed by atoms with Crippen molar-refractivity contribution in [2.45, 2.75) is 237 Å². The smallest absolute Gasteiger partial charge is 0.302 e. The Kier molecular flexibility index (Phi) is 14.5. The minimum absolute atomic E-state index is 0.0362. The van der Waals surface area contributed by atoms with Crippen molar-refractivity contribution in [2.24, 2.45) is 115 Å². The lowest BCUT2D eigenvalue weighted by Gasteiger charge is -2.61. The molecule has 0 saturated heterocycles. The van der Waals surface area contributed by atoms with Crippen LogP contribution in [0.2, 0.25) is 0 Å². The topological polar surface area (TPSA) is 77.3 Å². The average Bonchev–Trinajstić information content (AvgIpc) is 3.77. The van der Waals surface area contributed by atoms with Crippen LogP contribution in [-0.2, 0) is 19.1 Å². The predicted octanol–water partition coefficient (Wildman–Crippen LogP) is 15.1. The quantitative estimate of drug-likeness (QED) is 0.136. The lowest BCUT2D eigenvalue weighted by atomic mass is 9.44. The van der Waals surface area contributed by atoms with Crippen molar-refractivity contribution in [3.63, 3.8) is 0 Å². The van der Waals surface area contributed by atoms with Gasteiger partial charge in [-0.25, -0.2) is 0 Å². The number of hydrogen-bond acceptors (Lipinski definition) is 6. The van der Waals surface area contributed by atoms with Gasteiger partial charge in [-0.15, -0.1) is 0 Å². The molecular formula is C58H96N2O4. The van der Waals surface area contributed by atoms with Crippen LogP contribution in [0.25, 0.3) is 0 Å². The van der Waals surface area contributed by atoms with Crippen molar-refractivity contribution in [3.8, 4) is 0 Å². The van der Waals surface area contributed by atoms with Gasteiger partial charge in [-0.1, -0.05) is 108 Å². The van der Waals surface area contributed by atoms with Gasteiger partial charge in [0.15, 0.2) is 0 Å². The fourth-order valence-corrected chi connectivity index (χ4v) is 19.1. The van der Waals surface area contributed by atoms with Gasteiger partial charge >= 0.3 is 11.9 Å². The van der Waals surface area contributed by atoms with Crippen LogP contribution in [0.15, 0.2) is 10.2 Å². The van der Waals surface area contributed by atoms with Gasteiger partial charge in [-0.2, -0.15) is 10.2 Å². The van der Waals surface area contributed by atoms with E-state index >= 15 is 0 Å². The highest BCUT2D eigenvalue weighted by molar-refractivity contribution is 5.92. The third kappa shape index (κ3) is 9.02. The molecule has 0 heterocycles. The Hall–Kier alpha value is -1.72. The molecule has 8 rings (SSSR count). The summed E-state index contributed by atoms with van der Waals surface area (Å²) in [6.45, 7) is 28.6. The van der Waals surface area contributed by atoms with Crippen molar-refractivity contribution >= 4 is 23.4 Å². The van der Waals surface area contributed by atoms with E-state index in [1.807, 2.05) is 0 Å². The summed E-state index contributed by atoms with van der Waals surface area (Å²) in [4.78, 5) is 24.9. The molecule has 8 aliphatic carbocycles. The van der Waals surface area contributed by atoms with Crippen LogP contribution in [0, 0.1) is 105 Å². The molecule has 0 spiro atoms. The molecule has 8 aliphatic rings. The lowest BCUT2D eigenvalue weighted by molar-refractivity contribution is -0.154. The van der Waals surface area contributed by atoms with Gasteiger partial charge < -0.3 is 9.47 Å². The summed E-state index contributed by atoms with van der Waals surface area (Å²) in [5.74, 6) is 9.26. The van der Waals surface area contributed by atoms with Crippen molar-refractivity contribution in [1.82, 2.24) is 0 Å². The Morgan fingerprint density at radius 2 is 0.875 bits per heavy atom. The third-order valence-corrected chi connectivity index (χ3v) is 22.2. The average molecular weight is 885 g/mol. The fourth-order valence-electron chi connectivity index (χ4n) is 19.1. The van der Waals surface area contributed by atoms with E-state index in [-0.39, 0.29) is 35.0 Å². The molecule has 0 N–H and O–H groups in total. The second-order valence-electron chi connectivity index (χ2n) is 26.5. The molecule has 0 amide bonds. The molecule has 8 saturated carbocycles. The summed E-state index contributed by atoms with van der Waals surface area (Å²) in [5.41, 5.74) is 3.75. The van der Waals surface area contributed by atoms with Gasteiger partial charge in [-0.3, -0.25) is 9.59 Å². The summed E-state index contributed by atoms with van der Waals surface area (Å²) >= 11 is 0. The van der Waals surface area contributed by atoms with Crippen LogP contribution in [0.1, 0.15) is 224 Å². The first-order valence-corrected chi connectivity index (χ1v) is 27.8. The summed E-state index contributed by atoms with van der Waals surface area (Å²) in [6.07, 6.45) is 27.1. The maximum absolute atomic E-state index is 12.4. The van der Waals surface area contributed by atoms with E-state index in [4.69, 9.17) is 19.7 Å². The zero-order valence-electron chi connectivity index (χ0n) is 43.3. The van der Waals surface area contributed by atoms with Crippen molar-refractivity contribution in [1.29, 1.82) is 0 Å². The van der Waals surface area contributed by atoms with Crippen LogP contribution in [0.4, 0.5) is 0 Å². The Bertz CT molecular complexity index is 1610. The van der Waals surface area contributed by atoms with Crippen LogP contribution < -0.4 is 0 Å². The standard InChI is InChI=1S/C58H96N2O4/c1-35(2)15-13-17-37(5)45-19-21-47-43-33-53(51-31-41(63-39(7)61)23-27-57(51,11)49(43)25-29-55(45,47)9)59-60-54-34-44-48-22-20-46(38(6)18-14-16-36(3)4)56(48,10)30-26-50(44)58(12)28-24-42(32-52(54)58)64-40(8)62/h35-38,41-52H,13-34H2,1-12H3/b59-53-,60-54+/t37-,38-,41+,42+,43+,44+,45-,46-,47+,48+,49+,50+,51-,52-,55-,56-,57-,58-/m1/s1. The monoisotopic (exact) mass is 885 g/mol. The van der Waals surface area contributed by atoms with E-state index in [1.54, 1.807) is 13.8 Å². The summed E-state index contributed by atoms with van der Waals surface area (Å²) in [7, 11) is 0. The largest absolute Gasteiger partial charge is 0.463 e. The van der Waals surface area contributed by atoms with E-state index in [0.717, 1.165) is 98.7 Å². The normalized spacial score (nSPS) is 46.1. The molecule has 0 bridgehead atoms. The van der Waals surface area contributed by atoms with Crippen molar-refractivity contribution in [3.05, 3.63) is 0 Å². The Morgan fingerprint density at radius 3 is 1.23 bits per heavy atom. The molecule has 0 unspecified atom stereocenters. The Balaban J connectivity index is 1.13. The van der Waals surface area contributed by atoms with Gasteiger partial charge in [0.1, 0.15) is 12.2 Å². The zero-order chi connectivity index (χ0) is 45.9. The Morgan fingerprint density at radius 1 is 0.516 bits per heavy atom. The number of esters is 2. The number of ether oxygens (including phenoxy) is 2. The molecule has 6 heteroatoms. The fraction of sp³-hybridized carbons (Fsp3) is 0.931. The van der Waals surface area contributed by atoms with Gasteiger partial charge in [0.2, 0.25) is 0 Å². The SMILES string of the molecule is CC(=O)O[C@H]1CC[C@@]2(C)[C@H](C1)/C(=N\N=C1/C[C@@H]3[C@H](CC[C@]4(C)[C@@H]([C@H](C)CCCC(C)C)CC[C@@H]34)[C@@]3(C)CC[C@H](OC(C)=O)C[C@H]13)C[C@@H]1[C@@H]2CC[C@]2(C)[C@@H]([C@H](C)CCCC(C)C)CC[C@@H]12. The lowest BCUT2D eigenvalue weighted by Crippen LogP contribution is -2.58. The van der Waals surface area contributed by atoms with Crippen molar-refractivity contribution < 1.29 is 19.1 Å². The first-order chi connectivity index (χ1) is 30.3. The Labute approximate surface area is 392 Å². The van der Waals surface area contributed by atoms with Crippen LogP contribution in [-0.4, -0.2) is 35.6 Å². The highest BCUT2D eigenvalue weighted by Gasteiger charge is 2.64.